The number of allylic oxidation sites excluding steroid dienone is 3. The molecule has 4 aliphatic rings. The zero-order chi connectivity index (χ0) is 19.4. The van der Waals surface area contributed by atoms with Crippen LogP contribution in [-0.4, -0.2) is 16.7 Å². The Hall–Kier alpha value is -1.45. The normalized spacial score (nSPS) is 42.1. The van der Waals surface area contributed by atoms with Gasteiger partial charge in [-0.05, 0) is 96.7 Å². The highest BCUT2D eigenvalue weighted by Gasteiger charge is 2.57. The summed E-state index contributed by atoms with van der Waals surface area (Å²) in [6.07, 6.45) is 18.0. The van der Waals surface area contributed by atoms with Gasteiger partial charge >= 0.3 is 0 Å². The average Bonchev–Trinajstić information content (AvgIpc) is 3.06. The first-order valence-electron chi connectivity index (χ1n) is 11.3. The third kappa shape index (κ3) is 2.66. The highest BCUT2D eigenvalue weighted by Crippen LogP contribution is 2.66. The fraction of sp³-hybridized carbons (Fsp3) is 0.640. The van der Waals surface area contributed by atoms with Gasteiger partial charge in [0.25, 0.3) is 0 Å². The molecule has 0 saturated heterocycles. The molecule has 1 heterocycles. The Morgan fingerprint density at radius 1 is 1.14 bits per heavy atom. The second kappa shape index (κ2) is 6.81. The van der Waals surface area contributed by atoms with E-state index in [9.17, 15) is 0 Å². The zero-order valence-corrected chi connectivity index (χ0v) is 17.3. The number of hydrogen-bond donors (Lipinski definition) is 2. The molecule has 2 N–H and O–H groups in total. The highest BCUT2D eigenvalue weighted by molar-refractivity contribution is 5.72. The minimum atomic E-state index is 0.319. The summed E-state index contributed by atoms with van der Waals surface area (Å²) in [6, 6.07) is 4.33. The second-order valence-electron chi connectivity index (χ2n) is 10.2. The Morgan fingerprint density at radius 2 is 2.00 bits per heavy atom. The van der Waals surface area contributed by atoms with Gasteiger partial charge in [0.2, 0.25) is 0 Å². The van der Waals surface area contributed by atoms with Crippen LogP contribution in [0.1, 0.15) is 64.4 Å². The van der Waals surface area contributed by atoms with E-state index in [1.807, 2.05) is 6.20 Å². The van der Waals surface area contributed by atoms with Crippen molar-refractivity contribution in [1.29, 1.82) is 0 Å². The highest BCUT2D eigenvalue weighted by atomic mass is 16.5. The van der Waals surface area contributed by atoms with Crippen LogP contribution in [-0.2, 0) is 0 Å². The summed E-state index contributed by atoms with van der Waals surface area (Å²) in [5.41, 5.74) is 7.70. The van der Waals surface area contributed by atoms with Crippen LogP contribution in [0.15, 0.2) is 42.3 Å². The van der Waals surface area contributed by atoms with E-state index in [1.54, 1.807) is 11.1 Å². The molecule has 150 valence electrons. The third-order valence-corrected chi connectivity index (χ3v) is 9.11. The predicted octanol–water partition coefficient (Wildman–Crippen LogP) is 5.63. The predicted molar refractivity (Wildman–Crippen MR) is 113 cm³/mol. The molecule has 1 aromatic heterocycles. The molecule has 6 atom stereocenters. The molecule has 2 saturated carbocycles. The Balaban J connectivity index is 1.42. The fourth-order valence-electron chi connectivity index (χ4n) is 7.61. The molecule has 1 unspecified atom stereocenters. The van der Waals surface area contributed by atoms with Gasteiger partial charge in [0.1, 0.15) is 0 Å². The van der Waals surface area contributed by atoms with Gasteiger partial charge in [-0.15, -0.1) is 0 Å². The number of rotatable bonds is 3. The lowest BCUT2D eigenvalue weighted by molar-refractivity contribution is -0.0249. The van der Waals surface area contributed by atoms with Gasteiger partial charge in [-0.2, -0.15) is 0 Å². The number of pyridine rings is 1. The minimum absolute atomic E-state index is 0.319. The Morgan fingerprint density at radius 3 is 2.79 bits per heavy atom. The Labute approximate surface area is 169 Å². The van der Waals surface area contributed by atoms with Crippen LogP contribution in [0.2, 0.25) is 0 Å². The maximum atomic E-state index is 9.13. The summed E-state index contributed by atoms with van der Waals surface area (Å²) in [4.78, 5) is 4.40. The number of fused-ring (bicyclic) bond motifs is 5. The summed E-state index contributed by atoms with van der Waals surface area (Å²) >= 11 is 0. The lowest BCUT2D eigenvalue weighted by atomic mass is 9.46. The maximum Gasteiger partial charge on any atom is 0.0343 e. The monoisotopic (exact) mass is 378 g/mol. The van der Waals surface area contributed by atoms with Crippen molar-refractivity contribution in [3.8, 4) is 0 Å². The van der Waals surface area contributed by atoms with E-state index in [1.165, 1.54) is 50.5 Å². The summed E-state index contributed by atoms with van der Waals surface area (Å²) in [5, 5.41) is 9.13. The largest absolute Gasteiger partial charge is 0.317 e. The van der Waals surface area contributed by atoms with Crippen LogP contribution in [0.3, 0.4) is 0 Å². The van der Waals surface area contributed by atoms with Crippen molar-refractivity contribution in [1.82, 2.24) is 10.5 Å². The average molecular weight is 379 g/mol. The van der Waals surface area contributed by atoms with Gasteiger partial charge in [-0.25, -0.2) is 5.48 Å². The van der Waals surface area contributed by atoms with Crippen molar-refractivity contribution in [3.63, 3.8) is 0 Å². The van der Waals surface area contributed by atoms with Crippen LogP contribution < -0.4 is 5.48 Å². The smallest absolute Gasteiger partial charge is 0.0343 e. The van der Waals surface area contributed by atoms with Crippen molar-refractivity contribution < 1.29 is 5.21 Å². The minimum Gasteiger partial charge on any atom is -0.317 e. The first-order chi connectivity index (χ1) is 13.6. The van der Waals surface area contributed by atoms with Crippen molar-refractivity contribution in [2.75, 3.05) is 6.54 Å². The van der Waals surface area contributed by atoms with Crippen LogP contribution in [0.5, 0.6) is 0 Å². The number of aromatic nitrogens is 1. The van der Waals surface area contributed by atoms with E-state index < -0.39 is 0 Å². The molecule has 4 aliphatic carbocycles. The van der Waals surface area contributed by atoms with Gasteiger partial charge in [0, 0.05) is 18.9 Å². The molecule has 0 amide bonds. The molecule has 1 aromatic rings. The standard InChI is InChI=1S/C25H34N2O/c1-24-11-9-17(15-27-28)14-19(24)5-6-20-22-8-7-21(18-4-3-13-26-16-18)25(22,2)12-10-23(20)24/h3-4,7,13-14,16-17,20,22-23,27-28H,5-6,8-12,15H2,1-2H3/t17?,20-,22+,23+,24+,25-/m1/s1. The number of nitrogens with one attached hydrogen (secondary N) is 1. The molecule has 3 heteroatoms. The van der Waals surface area contributed by atoms with E-state index in [0.29, 0.717) is 23.3 Å². The van der Waals surface area contributed by atoms with E-state index in [0.717, 1.165) is 17.8 Å². The van der Waals surface area contributed by atoms with Gasteiger partial charge in [-0.3, -0.25) is 4.98 Å². The van der Waals surface area contributed by atoms with E-state index in [4.69, 9.17) is 5.21 Å². The number of hydroxylamine groups is 1. The molecule has 2 fully saturated rings. The molecule has 0 spiro atoms. The fourth-order valence-corrected chi connectivity index (χ4v) is 7.61. The molecule has 3 nitrogen and oxygen atoms in total. The molecule has 28 heavy (non-hydrogen) atoms. The maximum absolute atomic E-state index is 9.13. The van der Waals surface area contributed by atoms with Gasteiger partial charge in [0.05, 0.1) is 0 Å². The van der Waals surface area contributed by atoms with E-state index in [-0.39, 0.29) is 0 Å². The van der Waals surface area contributed by atoms with Crippen molar-refractivity contribution in [2.45, 2.75) is 58.8 Å². The molecule has 0 aliphatic heterocycles. The second-order valence-corrected chi connectivity index (χ2v) is 10.2. The zero-order valence-electron chi connectivity index (χ0n) is 17.3. The lowest BCUT2D eigenvalue weighted by Gasteiger charge is -2.58. The molecular formula is C25H34N2O. The molecule has 0 aromatic carbocycles. The van der Waals surface area contributed by atoms with Crippen LogP contribution in [0.4, 0.5) is 0 Å². The molecule has 5 rings (SSSR count). The molecule has 0 radical (unpaired) electrons. The first-order valence-corrected chi connectivity index (χ1v) is 11.3. The quantitative estimate of drug-likeness (QED) is 0.529. The van der Waals surface area contributed by atoms with Crippen LogP contribution >= 0.6 is 0 Å². The Bertz CT molecular complexity index is 800. The van der Waals surface area contributed by atoms with Gasteiger partial charge < -0.3 is 5.21 Å². The van der Waals surface area contributed by atoms with Crippen molar-refractivity contribution in [3.05, 3.63) is 47.8 Å². The number of nitrogens with zero attached hydrogens (tertiary/aromatic N) is 1. The first kappa shape index (κ1) is 18.6. The summed E-state index contributed by atoms with van der Waals surface area (Å²) < 4.78 is 0. The topological polar surface area (TPSA) is 45.1 Å². The summed E-state index contributed by atoms with van der Waals surface area (Å²) in [5.74, 6) is 2.97. The SMILES string of the molecule is C[C@]12CCC(CNO)C=C1CC[C@H]1[C@@H]2CC[C@]2(C)C(c3cccnc3)=CC[C@@H]12. The van der Waals surface area contributed by atoms with Crippen LogP contribution in [0.25, 0.3) is 5.57 Å². The van der Waals surface area contributed by atoms with Crippen LogP contribution in [0, 0.1) is 34.5 Å². The number of hydrogen-bond acceptors (Lipinski definition) is 3. The van der Waals surface area contributed by atoms with Crippen molar-refractivity contribution >= 4 is 5.57 Å². The molecule has 0 bridgehead atoms. The Kier molecular flexibility index (Phi) is 4.52. The van der Waals surface area contributed by atoms with E-state index in [2.05, 4.69) is 54.8 Å². The van der Waals surface area contributed by atoms with Crippen molar-refractivity contribution in [2.24, 2.45) is 34.5 Å². The van der Waals surface area contributed by atoms with Gasteiger partial charge in [0.15, 0.2) is 0 Å². The lowest BCUT2D eigenvalue weighted by Crippen LogP contribution is -2.50. The van der Waals surface area contributed by atoms with E-state index >= 15 is 0 Å². The summed E-state index contributed by atoms with van der Waals surface area (Å²) in [7, 11) is 0. The third-order valence-electron chi connectivity index (χ3n) is 9.11. The molecular weight excluding hydrogens is 344 g/mol. The summed E-state index contributed by atoms with van der Waals surface area (Å²) in [6.45, 7) is 5.80. The van der Waals surface area contributed by atoms with Gasteiger partial charge in [-0.1, -0.05) is 37.6 Å².